The third kappa shape index (κ3) is 4.48. The Kier molecular flexibility index (Phi) is 5.46. The number of benzene rings is 2. The number of hydrogen-bond donors (Lipinski definition) is 3. The maximum Gasteiger partial charge on any atom is 0.272 e. The summed E-state index contributed by atoms with van der Waals surface area (Å²) in [4.78, 5) is 24.3. The highest BCUT2D eigenvalue weighted by Gasteiger charge is 2.17. The van der Waals surface area contributed by atoms with Gasteiger partial charge in [0.1, 0.15) is 5.82 Å². The Balaban J connectivity index is 1.64. The van der Waals surface area contributed by atoms with Crippen molar-refractivity contribution in [1.29, 1.82) is 0 Å². The molecular weight excluding hydrogens is 378 g/mol. The number of anilines is 1. The zero-order chi connectivity index (χ0) is 19.4. The average molecular weight is 391 g/mol. The van der Waals surface area contributed by atoms with Crippen LogP contribution in [0.25, 0.3) is 0 Å². The van der Waals surface area contributed by atoms with Crippen LogP contribution in [0.3, 0.4) is 0 Å². The Morgan fingerprint density at radius 3 is 2.48 bits per heavy atom. The molecule has 1 heterocycles. The molecule has 1 aromatic heterocycles. The van der Waals surface area contributed by atoms with Gasteiger partial charge >= 0.3 is 0 Å². The molecule has 0 bridgehead atoms. The van der Waals surface area contributed by atoms with Crippen molar-refractivity contribution in [1.82, 2.24) is 15.5 Å². The molecule has 3 aromatic rings. The summed E-state index contributed by atoms with van der Waals surface area (Å²) in [6.45, 7) is 0.318. The lowest BCUT2D eigenvalue weighted by molar-refractivity contribution is 0.0945. The van der Waals surface area contributed by atoms with Crippen LogP contribution in [-0.2, 0) is 6.54 Å². The number of halogens is 3. The second kappa shape index (κ2) is 7.96. The third-order valence-corrected chi connectivity index (χ3v) is 3.92. The summed E-state index contributed by atoms with van der Waals surface area (Å²) in [5.74, 6) is -3.48. The lowest BCUT2D eigenvalue weighted by Crippen LogP contribution is -2.23. The first-order chi connectivity index (χ1) is 12.9. The molecule has 0 radical (unpaired) electrons. The van der Waals surface area contributed by atoms with Gasteiger partial charge in [0.05, 0.1) is 10.6 Å². The van der Waals surface area contributed by atoms with E-state index in [1.807, 2.05) is 30.3 Å². The highest BCUT2D eigenvalue weighted by atomic mass is 35.5. The van der Waals surface area contributed by atoms with E-state index in [0.29, 0.717) is 18.7 Å². The molecule has 0 fully saturated rings. The van der Waals surface area contributed by atoms with Crippen LogP contribution in [0.5, 0.6) is 0 Å². The first-order valence-electron chi connectivity index (χ1n) is 7.77. The van der Waals surface area contributed by atoms with Gasteiger partial charge in [-0.25, -0.2) is 8.78 Å². The van der Waals surface area contributed by atoms with E-state index in [1.54, 1.807) is 0 Å². The van der Waals surface area contributed by atoms with E-state index in [2.05, 4.69) is 20.8 Å². The molecule has 0 aliphatic heterocycles. The molecule has 138 valence electrons. The lowest BCUT2D eigenvalue weighted by Gasteiger charge is -2.05. The molecule has 9 heteroatoms. The molecule has 2 aromatic carbocycles. The van der Waals surface area contributed by atoms with Gasteiger partial charge < -0.3 is 10.6 Å². The van der Waals surface area contributed by atoms with Gasteiger partial charge in [-0.3, -0.25) is 14.7 Å². The van der Waals surface area contributed by atoms with Gasteiger partial charge in [0, 0.05) is 12.6 Å². The van der Waals surface area contributed by atoms with Crippen LogP contribution in [0, 0.1) is 11.6 Å². The normalized spacial score (nSPS) is 10.5. The minimum atomic E-state index is -1.20. The van der Waals surface area contributed by atoms with Crippen molar-refractivity contribution in [2.75, 3.05) is 5.32 Å². The molecule has 3 N–H and O–H groups in total. The number of rotatable bonds is 5. The van der Waals surface area contributed by atoms with Crippen LogP contribution in [0.15, 0.2) is 48.5 Å². The molecule has 2 amide bonds. The second-order valence-corrected chi connectivity index (χ2v) is 5.94. The first-order valence-corrected chi connectivity index (χ1v) is 8.15. The van der Waals surface area contributed by atoms with Crippen LogP contribution in [0.2, 0.25) is 5.02 Å². The van der Waals surface area contributed by atoms with Crippen LogP contribution >= 0.6 is 11.6 Å². The number of nitrogens with one attached hydrogen (secondary N) is 3. The molecule has 0 aliphatic carbocycles. The molecule has 27 heavy (non-hydrogen) atoms. The topological polar surface area (TPSA) is 86.9 Å². The maximum atomic E-state index is 13.3. The molecule has 0 saturated heterocycles. The number of aromatic amines is 1. The van der Waals surface area contributed by atoms with Crippen molar-refractivity contribution >= 4 is 29.2 Å². The van der Waals surface area contributed by atoms with Crippen molar-refractivity contribution in [3.05, 3.63) is 82.0 Å². The third-order valence-electron chi connectivity index (χ3n) is 3.61. The Bertz CT molecular complexity index is 992. The zero-order valence-electron chi connectivity index (χ0n) is 13.7. The SMILES string of the molecule is O=C(NCc1ccccc1)c1cc(NC(=O)c2cc(F)c(F)cc2Cl)[nH]n1. The molecule has 0 unspecified atom stereocenters. The van der Waals surface area contributed by atoms with Crippen molar-refractivity contribution in [3.8, 4) is 0 Å². The van der Waals surface area contributed by atoms with E-state index >= 15 is 0 Å². The smallest absolute Gasteiger partial charge is 0.272 e. The van der Waals surface area contributed by atoms with E-state index in [0.717, 1.165) is 5.56 Å². The van der Waals surface area contributed by atoms with Crippen molar-refractivity contribution in [2.24, 2.45) is 0 Å². The number of amides is 2. The highest BCUT2D eigenvalue weighted by Crippen LogP contribution is 2.21. The number of aromatic nitrogens is 2. The summed E-state index contributed by atoms with van der Waals surface area (Å²) in [7, 11) is 0. The van der Waals surface area contributed by atoms with Gasteiger partial charge in [-0.15, -0.1) is 0 Å². The van der Waals surface area contributed by atoms with Crippen molar-refractivity contribution in [2.45, 2.75) is 6.54 Å². The van der Waals surface area contributed by atoms with Crippen molar-refractivity contribution < 1.29 is 18.4 Å². The van der Waals surface area contributed by atoms with Crippen LogP contribution in [0.4, 0.5) is 14.6 Å². The van der Waals surface area contributed by atoms with E-state index in [4.69, 9.17) is 11.6 Å². The van der Waals surface area contributed by atoms with Gasteiger partial charge in [0.15, 0.2) is 17.3 Å². The summed E-state index contributed by atoms with van der Waals surface area (Å²) in [5.41, 5.74) is 0.723. The molecule has 0 aliphatic rings. The van der Waals surface area contributed by atoms with Gasteiger partial charge in [-0.2, -0.15) is 5.10 Å². The summed E-state index contributed by atoms with van der Waals surface area (Å²) in [6.07, 6.45) is 0. The number of carbonyl (C=O) groups excluding carboxylic acids is 2. The number of hydrogen-bond acceptors (Lipinski definition) is 3. The lowest BCUT2D eigenvalue weighted by atomic mass is 10.2. The number of nitrogens with zero attached hydrogens (tertiary/aromatic N) is 1. The van der Waals surface area contributed by atoms with E-state index < -0.39 is 23.4 Å². The highest BCUT2D eigenvalue weighted by molar-refractivity contribution is 6.34. The molecule has 0 atom stereocenters. The number of carbonyl (C=O) groups is 2. The Morgan fingerprint density at radius 2 is 1.74 bits per heavy atom. The summed E-state index contributed by atoms with van der Waals surface area (Å²) >= 11 is 5.76. The number of H-pyrrole nitrogens is 1. The standard InChI is InChI=1S/C18H13ClF2N4O2/c19-12-7-14(21)13(20)6-11(12)17(26)23-16-8-15(24-25-16)18(27)22-9-10-4-2-1-3-5-10/h1-8H,9H2,(H,22,27)(H2,23,24,25,26). The minimum absolute atomic E-state index is 0.0533. The van der Waals surface area contributed by atoms with E-state index in [1.165, 1.54) is 6.07 Å². The average Bonchev–Trinajstić information content (AvgIpc) is 3.12. The monoisotopic (exact) mass is 390 g/mol. The van der Waals surface area contributed by atoms with Crippen molar-refractivity contribution in [3.63, 3.8) is 0 Å². The second-order valence-electron chi connectivity index (χ2n) is 5.54. The summed E-state index contributed by atoms with van der Waals surface area (Å²) < 4.78 is 26.4. The van der Waals surface area contributed by atoms with Gasteiger partial charge in [0.25, 0.3) is 11.8 Å². The quantitative estimate of drug-likeness (QED) is 0.582. The molecule has 6 nitrogen and oxygen atoms in total. The van der Waals surface area contributed by atoms with Gasteiger partial charge in [0.2, 0.25) is 0 Å². The molecular formula is C18H13ClF2N4O2. The van der Waals surface area contributed by atoms with Crippen LogP contribution in [-0.4, -0.2) is 22.0 Å². The first kappa shape index (κ1) is 18.5. The zero-order valence-corrected chi connectivity index (χ0v) is 14.5. The van der Waals surface area contributed by atoms with Crippen LogP contribution < -0.4 is 10.6 Å². The van der Waals surface area contributed by atoms with Crippen LogP contribution in [0.1, 0.15) is 26.4 Å². The largest absolute Gasteiger partial charge is 0.347 e. The molecule has 0 saturated carbocycles. The predicted octanol–water partition coefficient (Wildman–Crippen LogP) is 3.52. The Labute approximate surface area is 157 Å². The molecule has 0 spiro atoms. The fraction of sp³-hybridized carbons (Fsp3) is 0.0556. The summed E-state index contributed by atoms with van der Waals surface area (Å²) in [6, 6.07) is 12.0. The van der Waals surface area contributed by atoms with E-state index in [9.17, 15) is 18.4 Å². The Morgan fingerprint density at radius 1 is 1.04 bits per heavy atom. The maximum absolute atomic E-state index is 13.3. The fourth-order valence-corrected chi connectivity index (χ4v) is 2.49. The van der Waals surface area contributed by atoms with Gasteiger partial charge in [-0.05, 0) is 17.7 Å². The Hall–Kier alpha value is -3.26. The van der Waals surface area contributed by atoms with Gasteiger partial charge in [-0.1, -0.05) is 41.9 Å². The van der Waals surface area contributed by atoms with E-state index in [-0.39, 0.29) is 22.1 Å². The fourth-order valence-electron chi connectivity index (χ4n) is 2.26. The minimum Gasteiger partial charge on any atom is -0.347 e. The molecule has 3 rings (SSSR count). The predicted molar refractivity (Wildman–Crippen MR) is 95.5 cm³/mol. The summed E-state index contributed by atoms with van der Waals surface area (Å²) in [5, 5.41) is 11.1.